The summed E-state index contributed by atoms with van der Waals surface area (Å²) >= 11 is 1.89. The average Bonchev–Trinajstić information content (AvgIpc) is 2.50. The maximum Gasteiger partial charge on any atom is 0.0358 e. The fraction of sp³-hybridized carbons (Fsp3) is 0.214. The zero-order valence-electron chi connectivity index (χ0n) is 9.40. The van der Waals surface area contributed by atoms with E-state index in [1.807, 2.05) is 23.8 Å². The number of hydrogen-bond acceptors (Lipinski definition) is 2. The van der Waals surface area contributed by atoms with Crippen molar-refractivity contribution in [2.24, 2.45) is 4.99 Å². The summed E-state index contributed by atoms with van der Waals surface area (Å²) in [4.78, 5) is 5.77. The number of benzene rings is 1. The predicted octanol–water partition coefficient (Wildman–Crippen LogP) is 4.43. The second-order valence-corrected chi connectivity index (χ2v) is 5.43. The third-order valence-electron chi connectivity index (χ3n) is 2.88. The van der Waals surface area contributed by atoms with Gasteiger partial charge in [-0.05, 0) is 23.6 Å². The Morgan fingerprint density at radius 3 is 2.94 bits per heavy atom. The number of aliphatic imine (C=N–C) groups is 1. The van der Waals surface area contributed by atoms with Crippen LogP contribution >= 0.6 is 11.3 Å². The Balaban J connectivity index is 2.45. The molecule has 0 amide bonds. The largest absolute Gasteiger partial charge is 0.264 e. The summed E-state index contributed by atoms with van der Waals surface area (Å²) in [5.74, 6) is 0.560. The van der Waals surface area contributed by atoms with E-state index in [0.29, 0.717) is 5.92 Å². The van der Waals surface area contributed by atoms with Crippen LogP contribution in [0.25, 0.3) is 16.2 Å². The molecular weight excluding hydrogens is 214 g/mol. The van der Waals surface area contributed by atoms with Crippen LogP contribution in [0.1, 0.15) is 35.8 Å². The molecule has 2 heterocycles. The molecule has 2 aromatic rings. The van der Waals surface area contributed by atoms with Crippen LogP contribution in [0.5, 0.6) is 0 Å². The van der Waals surface area contributed by atoms with E-state index in [4.69, 9.17) is 0 Å². The molecule has 0 atom stereocenters. The van der Waals surface area contributed by atoms with Crippen LogP contribution in [0.2, 0.25) is 0 Å². The molecule has 0 aliphatic carbocycles. The molecular formula is C14H13NS. The Morgan fingerprint density at radius 2 is 2.12 bits per heavy atom. The molecule has 0 bridgehead atoms. The Labute approximate surface area is 99.1 Å². The van der Waals surface area contributed by atoms with Crippen molar-refractivity contribution in [3.8, 4) is 0 Å². The third kappa shape index (κ3) is 1.34. The summed E-state index contributed by atoms with van der Waals surface area (Å²) in [6, 6.07) is 6.48. The van der Waals surface area contributed by atoms with Crippen molar-refractivity contribution >= 4 is 33.7 Å². The fourth-order valence-electron chi connectivity index (χ4n) is 2.15. The Bertz CT molecular complexity index is 602. The second kappa shape index (κ2) is 3.56. The summed E-state index contributed by atoms with van der Waals surface area (Å²) in [5, 5.41) is 1.37. The molecule has 0 fully saturated rings. The molecule has 0 saturated heterocycles. The molecule has 0 spiro atoms. The topological polar surface area (TPSA) is 12.4 Å². The minimum absolute atomic E-state index is 0.560. The molecule has 1 aromatic heterocycles. The van der Waals surface area contributed by atoms with Crippen LogP contribution in [0.3, 0.4) is 0 Å². The highest BCUT2D eigenvalue weighted by Crippen LogP contribution is 2.37. The van der Waals surface area contributed by atoms with Gasteiger partial charge in [-0.1, -0.05) is 26.0 Å². The Morgan fingerprint density at radius 1 is 1.25 bits per heavy atom. The second-order valence-electron chi connectivity index (χ2n) is 4.35. The van der Waals surface area contributed by atoms with Gasteiger partial charge in [0.15, 0.2) is 0 Å². The van der Waals surface area contributed by atoms with Crippen molar-refractivity contribution in [2.75, 3.05) is 0 Å². The summed E-state index contributed by atoms with van der Waals surface area (Å²) < 4.78 is 1.37. The van der Waals surface area contributed by atoms with Crippen LogP contribution in [0.15, 0.2) is 29.4 Å². The van der Waals surface area contributed by atoms with Crippen LogP contribution in [-0.4, -0.2) is 6.21 Å². The van der Waals surface area contributed by atoms with Gasteiger partial charge in [-0.2, -0.15) is 0 Å². The molecule has 0 unspecified atom stereocenters. The fourth-order valence-corrected chi connectivity index (χ4v) is 3.37. The maximum atomic E-state index is 4.33. The first-order chi connectivity index (χ1) is 7.77. The lowest BCUT2D eigenvalue weighted by atomic mass is 10.0. The van der Waals surface area contributed by atoms with Gasteiger partial charge in [0, 0.05) is 32.9 Å². The van der Waals surface area contributed by atoms with Gasteiger partial charge >= 0.3 is 0 Å². The summed E-state index contributed by atoms with van der Waals surface area (Å²) in [6.45, 7) is 4.49. The van der Waals surface area contributed by atoms with Crippen molar-refractivity contribution in [3.05, 3.63) is 40.4 Å². The predicted molar refractivity (Wildman–Crippen MR) is 72.5 cm³/mol. The van der Waals surface area contributed by atoms with Gasteiger partial charge in [0.2, 0.25) is 0 Å². The van der Waals surface area contributed by atoms with E-state index in [1.54, 1.807) is 0 Å². The van der Waals surface area contributed by atoms with Crippen LogP contribution in [-0.2, 0) is 0 Å². The summed E-state index contributed by atoms with van der Waals surface area (Å²) in [5.41, 5.74) is 2.60. The van der Waals surface area contributed by atoms with Crippen LogP contribution in [0, 0.1) is 0 Å². The van der Waals surface area contributed by atoms with Gasteiger partial charge in [-0.3, -0.25) is 4.99 Å². The number of nitrogens with zero attached hydrogens (tertiary/aromatic N) is 1. The minimum atomic E-state index is 0.560. The summed E-state index contributed by atoms with van der Waals surface area (Å²) in [7, 11) is 0. The van der Waals surface area contributed by atoms with Gasteiger partial charge < -0.3 is 0 Å². The molecule has 0 saturated carbocycles. The molecule has 3 rings (SSSR count). The molecule has 16 heavy (non-hydrogen) atoms. The van der Waals surface area contributed by atoms with E-state index in [0.717, 1.165) is 0 Å². The molecule has 2 heteroatoms. The van der Waals surface area contributed by atoms with Crippen molar-refractivity contribution in [2.45, 2.75) is 19.8 Å². The first kappa shape index (κ1) is 9.79. The quantitative estimate of drug-likeness (QED) is 0.683. The van der Waals surface area contributed by atoms with Gasteiger partial charge in [0.1, 0.15) is 0 Å². The SMILES string of the molecule is CC(C)c1sc2cccc3c2c1C=NC=C3. The molecule has 0 radical (unpaired) electrons. The molecule has 80 valence electrons. The Kier molecular flexibility index (Phi) is 2.18. The lowest BCUT2D eigenvalue weighted by Gasteiger charge is -2.02. The Hall–Kier alpha value is -1.41. The van der Waals surface area contributed by atoms with Crippen LogP contribution in [0.4, 0.5) is 0 Å². The maximum absolute atomic E-state index is 4.33. The minimum Gasteiger partial charge on any atom is -0.264 e. The molecule has 0 N–H and O–H groups in total. The monoisotopic (exact) mass is 227 g/mol. The smallest absolute Gasteiger partial charge is 0.0358 e. The number of thiophene rings is 1. The first-order valence-corrected chi connectivity index (χ1v) is 6.34. The van der Waals surface area contributed by atoms with Crippen molar-refractivity contribution < 1.29 is 0 Å². The molecule has 1 aliphatic heterocycles. The third-order valence-corrected chi connectivity index (χ3v) is 4.35. The number of hydrogen-bond donors (Lipinski definition) is 0. The first-order valence-electron chi connectivity index (χ1n) is 5.52. The van der Waals surface area contributed by atoms with E-state index in [9.17, 15) is 0 Å². The molecule has 1 nitrogen and oxygen atoms in total. The highest BCUT2D eigenvalue weighted by molar-refractivity contribution is 7.19. The van der Waals surface area contributed by atoms with E-state index in [2.05, 4.69) is 43.1 Å². The summed E-state index contributed by atoms with van der Waals surface area (Å²) in [6.07, 6.45) is 5.97. The van der Waals surface area contributed by atoms with E-state index >= 15 is 0 Å². The highest BCUT2D eigenvalue weighted by atomic mass is 32.1. The lowest BCUT2D eigenvalue weighted by Crippen LogP contribution is -1.89. The van der Waals surface area contributed by atoms with E-state index in [1.165, 1.54) is 26.1 Å². The zero-order chi connectivity index (χ0) is 11.1. The van der Waals surface area contributed by atoms with Gasteiger partial charge in [0.25, 0.3) is 0 Å². The van der Waals surface area contributed by atoms with E-state index < -0.39 is 0 Å². The van der Waals surface area contributed by atoms with Gasteiger partial charge in [-0.15, -0.1) is 11.3 Å². The zero-order valence-corrected chi connectivity index (χ0v) is 10.2. The van der Waals surface area contributed by atoms with Gasteiger partial charge in [-0.25, -0.2) is 0 Å². The number of rotatable bonds is 1. The normalized spacial score (nSPS) is 13.7. The van der Waals surface area contributed by atoms with Crippen molar-refractivity contribution in [1.82, 2.24) is 0 Å². The van der Waals surface area contributed by atoms with Crippen molar-refractivity contribution in [3.63, 3.8) is 0 Å². The standard InChI is InChI=1S/C14H13NS/c1-9(2)14-11-8-15-7-6-10-4-3-5-12(16-14)13(10)11/h3-9H,1-2H3. The molecule has 1 aromatic carbocycles. The van der Waals surface area contributed by atoms with Crippen molar-refractivity contribution in [1.29, 1.82) is 0 Å². The average molecular weight is 227 g/mol. The highest BCUT2D eigenvalue weighted by Gasteiger charge is 2.15. The van der Waals surface area contributed by atoms with E-state index in [-0.39, 0.29) is 0 Å². The van der Waals surface area contributed by atoms with Gasteiger partial charge in [0.05, 0.1) is 0 Å². The lowest BCUT2D eigenvalue weighted by molar-refractivity contribution is 0.889. The van der Waals surface area contributed by atoms with Crippen LogP contribution < -0.4 is 0 Å². The molecule has 1 aliphatic rings.